The van der Waals surface area contributed by atoms with Gasteiger partial charge in [0.2, 0.25) is 0 Å². The third-order valence-corrected chi connectivity index (χ3v) is 7.64. The zero-order valence-electron chi connectivity index (χ0n) is 20.0. The van der Waals surface area contributed by atoms with Crippen molar-refractivity contribution in [3.05, 3.63) is 28.3 Å². The van der Waals surface area contributed by atoms with E-state index in [4.69, 9.17) is 10.2 Å². The van der Waals surface area contributed by atoms with Crippen LogP contribution in [0, 0.1) is 11.8 Å². The standard InChI is InChI=1S/C13H17.2C7H12O2.ClH.Ti/c1-3-7-12-10(5-1)9-11-6-2-4-8-13(11)12;2*8-7(9)6-4-2-1-3-5-6;;/h9H,1-8H2;2*6H,1-5H2,(H,8,9);1H;/q-1;;;;+2/p-1. The first-order valence-corrected chi connectivity index (χ1v) is 12.8. The van der Waals surface area contributed by atoms with Gasteiger partial charge in [-0.1, -0.05) is 89.9 Å². The number of aryl methyl sites for hydroxylation is 2. The Morgan fingerprint density at radius 1 is 0.576 bits per heavy atom. The van der Waals surface area contributed by atoms with Crippen molar-refractivity contribution >= 4 is 11.9 Å². The van der Waals surface area contributed by atoms with Gasteiger partial charge < -0.3 is 22.6 Å². The molecule has 0 aliphatic heterocycles. The van der Waals surface area contributed by atoms with Crippen molar-refractivity contribution in [2.75, 3.05) is 0 Å². The minimum absolute atomic E-state index is 0. The Bertz CT molecular complexity index is 659. The summed E-state index contributed by atoms with van der Waals surface area (Å²) in [4.78, 5) is 20.7. The van der Waals surface area contributed by atoms with E-state index < -0.39 is 11.9 Å². The zero-order chi connectivity index (χ0) is 22.1. The van der Waals surface area contributed by atoms with Crippen molar-refractivity contribution in [3.63, 3.8) is 0 Å². The van der Waals surface area contributed by atoms with Gasteiger partial charge in [0.1, 0.15) is 0 Å². The Balaban J connectivity index is 0.000000247. The van der Waals surface area contributed by atoms with Crippen LogP contribution in [0.4, 0.5) is 0 Å². The average Bonchev–Trinajstić information content (AvgIpc) is 3.20. The molecule has 1 aromatic carbocycles. The third-order valence-electron chi connectivity index (χ3n) is 7.64. The second kappa shape index (κ2) is 16.1. The molecule has 4 aliphatic rings. The summed E-state index contributed by atoms with van der Waals surface area (Å²) in [7, 11) is 0. The summed E-state index contributed by atoms with van der Waals surface area (Å²) in [5.74, 6) is -1.26. The fraction of sp³-hybridized carbons (Fsp3) is 0.741. The number of carbonyl (C=O) groups is 2. The fourth-order valence-corrected chi connectivity index (χ4v) is 5.77. The molecule has 2 saturated carbocycles. The molecule has 4 nitrogen and oxygen atoms in total. The molecule has 0 aromatic heterocycles. The minimum atomic E-state index is -0.602. The van der Waals surface area contributed by atoms with Crippen LogP contribution in [0.5, 0.6) is 0 Å². The molecule has 0 spiro atoms. The molecular formula is C27H41ClO4Ti. The first-order valence-electron chi connectivity index (χ1n) is 12.8. The van der Waals surface area contributed by atoms with E-state index in [9.17, 15) is 9.59 Å². The van der Waals surface area contributed by atoms with Gasteiger partial charge >= 0.3 is 33.7 Å². The van der Waals surface area contributed by atoms with Gasteiger partial charge in [-0.25, -0.2) is 0 Å². The second-order valence-electron chi connectivity index (χ2n) is 9.91. The first kappa shape index (κ1) is 30.3. The summed E-state index contributed by atoms with van der Waals surface area (Å²) in [6.45, 7) is 0. The van der Waals surface area contributed by atoms with Crippen LogP contribution < -0.4 is 12.4 Å². The number of fused-ring (bicyclic) bond motifs is 3. The molecule has 0 unspecified atom stereocenters. The molecule has 0 radical (unpaired) electrons. The van der Waals surface area contributed by atoms with Crippen LogP contribution in [0.3, 0.4) is 0 Å². The summed E-state index contributed by atoms with van der Waals surface area (Å²) < 4.78 is 0. The van der Waals surface area contributed by atoms with Crippen LogP contribution in [0.2, 0.25) is 0 Å². The zero-order valence-corrected chi connectivity index (χ0v) is 22.4. The number of hydrogen-bond donors (Lipinski definition) is 2. The molecule has 4 aliphatic carbocycles. The Morgan fingerprint density at radius 2 is 0.909 bits per heavy atom. The quantitative estimate of drug-likeness (QED) is 0.470. The van der Waals surface area contributed by atoms with E-state index in [0.29, 0.717) is 0 Å². The molecule has 2 fully saturated rings. The van der Waals surface area contributed by atoms with Gasteiger partial charge in [0, 0.05) is 0 Å². The molecule has 0 saturated heterocycles. The van der Waals surface area contributed by atoms with Crippen molar-refractivity contribution < 1.29 is 53.9 Å². The van der Waals surface area contributed by atoms with Crippen LogP contribution in [-0.4, -0.2) is 22.2 Å². The molecule has 33 heavy (non-hydrogen) atoms. The normalized spacial score (nSPS) is 20.1. The van der Waals surface area contributed by atoms with Gasteiger partial charge in [-0.05, 0) is 25.7 Å². The summed E-state index contributed by atoms with van der Waals surface area (Å²) in [5.41, 5.74) is 6.94. The van der Waals surface area contributed by atoms with E-state index in [0.717, 1.165) is 51.4 Å². The molecule has 184 valence electrons. The van der Waals surface area contributed by atoms with Crippen LogP contribution in [0.25, 0.3) is 0 Å². The van der Waals surface area contributed by atoms with Crippen molar-refractivity contribution in [2.45, 2.75) is 116 Å². The predicted octanol–water partition coefficient (Wildman–Crippen LogP) is 3.47. The van der Waals surface area contributed by atoms with Crippen molar-refractivity contribution in [3.8, 4) is 0 Å². The SMILES string of the molecule is O=C(O)C1CCCCC1.O=C(O)C1CCCCC1.[Cl-].[Ti+2].[cH-]1c2c(c3c1CCCC3)CCCC2. The van der Waals surface area contributed by atoms with Gasteiger partial charge in [-0.15, -0.1) is 0 Å². The van der Waals surface area contributed by atoms with E-state index in [1.807, 2.05) is 0 Å². The summed E-state index contributed by atoms with van der Waals surface area (Å²) in [6, 6.07) is 2.52. The topological polar surface area (TPSA) is 74.6 Å². The number of aliphatic carboxylic acids is 2. The first-order chi connectivity index (χ1) is 15.1. The van der Waals surface area contributed by atoms with Crippen LogP contribution >= 0.6 is 0 Å². The maximum atomic E-state index is 10.4. The molecule has 0 heterocycles. The summed E-state index contributed by atoms with van der Waals surface area (Å²) in [5, 5.41) is 17.1. The van der Waals surface area contributed by atoms with Gasteiger partial charge in [-0.2, -0.15) is 28.3 Å². The molecule has 0 atom stereocenters. The second-order valence-corrected chi connectivity index (χ2v) is 9.91. The summed E-state index contributed by atoms with van der Waals surface area (Å²) in [6.07, 6.45) is 21.7. The predicted molar refractivity (Wildman–Crippen MR) is 124 cm³/mol. The van der Waals surface area contributed by atoms with Gasteiger partial charge in [0.15, 0.2) is 0 Å². The Labute approximate surface area is 221 Å². The van der Waals surface area contributed by atoms with E-state index in [1.165, 1.54) is 64.2 Å². The maximum absolute atomic E-state index is 10.4. The number of carboxylic acid groups (broad SMARTS) is 2. The molecule has 5 rings (SSSR count). The van der Waals surface area contributed by atoms with E-state index >= 15 is 0 Å². The van der Waals surface area contributed by atoms with Crippen molar-refractivity contribution in [1.82, 2.24) is 0 Å². The van der Waals surface area contributed by atoms with Crippen molar-refractivity contribution in [2.24, 2.45) is 11.8 Å². The van der Waals surface area contributed by atoms with Crippen LogP contribution in [0.1, 0.15) is 112 Å². The Hall–Kier alpha value is -0.706. The Morgan fingerprint density at radius 3 is 1.21 bits per heavy atom. The molecule has 0 amide bonds. The monoisotopic (exact) mass is 512 g/mol. The molecular weight excluding hydrogens is 472 g/mol. The van der Waals surface area contributed by atoms with Gasteiger partial charge in [0.25, 0.3) is 0 Å². The molecule has 6 heteroatoms. The van der Waals surface area contributed by atoms with E-state index in [1.54, 1.807) is 22.3 Å². The van der Waals surface area contributed by atoms with Gasteiger partial charge in [-0.3, -0.25) is 9.59 Å². The Kier molecular flexibility index (Phi) is 14.8. The number of halogens is 1. The van der Waals surface area contributed by atoms with Gasteiger partial charge in [0.05, 0.1) is 11.8 Å². The number of hydrogen-bond acceptors (Lipinski definition) is 2. The van der Waals surface area contributed by atoms with Crippen LogP contribution in [-0.2, 0) is 57.0 Å². The summed E-state index contributed by atoms with van der Waals surface area (Å²) >= 11 is 0. The molecule has 2 N–H and O–H groups in total. The number of carboxylic acids is 2. The van der Waals surface area contributed by atoms with Crippen LogP contribution in [0.15, 0.2) is 6.07 Å². The van der Waals surface area contributed by atoms with E-state index in [-0.39, 0.29) is 46.0 Å². The molecule has 1 aromatic rings. The average molecular weight is 513 g/mol. The largest absolute Gasteiger partial charge is 2.00 e. The maximum Gasteiger partial charge on any atom is 2.00 e. The number of rotatable bonds is 2. The van der Waals surface area contributed by atoms with E-state index in [2.05, 4.69) is 6.07 Å². The van der Waals surface area contributed by atoms with Crippen molar-refractivity contribution in [1.29, 1.82) is 0 Å². The molecule has 0 bridgehead atoms. The minimum Gasteiger partial charge on any atom is -1.00 e. The third kappa shape index (κ3) is 9.46. The smallest absolute Gasteiger partial charge is 1.00 e. The fourth-order valence-electron chi connectivity index (χ4n) is 5.77.